The van der Waals surface area contributed by atoms with Crippen molar-refractivity contribution in [2.24, 2.45) is 7.05 Å². The van der Waals surface area contributed by atoms with Crippen LogP contribution in [-0.4, -0.2) is 40.9 Å². The molecule has 9 heteroatoms. The Balaban J connectivity index is 0.00000113. The second-order valence-electron chi connectivity index (χ2n) is 5.58. The van der Waals surface area contributed by atoms with Crippen molar-refractivity contribution in [3.8, 4) is 11.3 Å². The molecule has 0 bridgehead atoms. The minimum absolute atomic E-state index is 0. The molecule has 4 rings (SSSR count). The van der Waals surface area contributed by atoms with Crippen LogP contribution in [0.1, 0.15) is 0 Å². The Morgan fingerprint density at radius 3 is 2.52 bits per heavy atom. The molecule has 6 nitrogen and oxygen atoms in total. The standard InChI is InChI=1S/C16H17N5OS.2ClH/c1-20-16(22)13-12(21-8-6-18-7-9-21)10-23-15(13)14(19-20)11-2-4-17-5-3-11;;/h2-5,10,18H,6-9H2,1H3;2*1H. The molecule has 1 fully saturated rings. The van der Waals surface area contributed by atoms with Crippen LogP contribution < -0.4 is 15.8 Å². The number of nitrogens with one attached hydrogen (secondary N) is 1. The maximum absolute atomic E-state index is 12.7. The molecule has 1 aliphatic heterocycles. The summed E-state index contributed by atoms with van der Waals surface area (Å²) in [5, 5.41) is 10.7. The summed E-state index contributed by atoms with van der Waals surface area (Å²) < 4.78 is 2.39. The number of rotatable bonds is 2. The van der Waals surface area contributed by atoms with E-state index >= 15 is 0 Å². The molecule has 1 saturated heterocycles. The van der Waals surface area contributed by atoms with Gasteiger partial charge in [0.05, 0.1) is 15.8 Å². The number of aromatic nitrogens is 3. The van der Waals surface area contributed by atoms with Crippen LogP contribution in [0.25, 0.3) is 21.3 Å². The van der Waals surface area contributed by atoms with Gasteiger partial charge in [0.15, 0.2) is 0 Å². The number of hydrogen-bond donors (Lipinski definition) is 1. The number of halogens is 2. The molecular formula is C16H19Cl2N5OS. The van der Waals surface area contributed by atoms with Crippen LogP contribution in [0.4, 0.5) is 5.69 Å². The van der Waals surface area contributed by atoms with Gasteiger partial charge in [-0.3, -0.25) is 9.78 Å². The molecule has 0 saturated carbocycles. The molecule has 134 valence electrons. The van der Waals surface area contributed by atoms with Crippen molar-refractivity contribution in [1.82, 2.24) is 20.1 Å². The number of nitrogens with zero attached hydrogens (tertiary/aromatic N) is 4. The molecule has 3 aromatic rings. The second kappa shape index (κ2) is 8.14. The quantitative estimate of drug-likeness (QED) is 0.716. The predicted octanol–water partition coefficient (Wildman–Crippen LogP) is 2.31. The van der Waals surface area contributed by atoms with E-state index in [0.717, 1.165) is 53.2 Å². The first kappa shape index (κ1) is 19.7. The SMILES string of the molecule is Cl.Cl.Cn1nc(-c2ccncc2)c2scc(N3CCNCC3)c2c1=O. The monoisotopic (exact) mass is 399 g/mol. The lowest BCUT2D eigenvalue weighted by atomic mass is 10.1. The lowest BCUT2D eigenvalue weighted by Gasteiger charge is -2.28. The maximum atomic E-state index is 12.7. The number of anilines is 1. The van der Waals surface area contributed by atoms with Crippen LogP contribution in [0, 0.1) is 0 Å². The average molecular weight is 400 g/mol. The van der Waals surface area contributed by atoms with Crippen LogP contribution >= 0.6 is 36.2 Å². The molecule has 0 unspecified atom stereocenters. The van der Waals surface area contributed by atoms with Gasteiger partial charge in [0.1, 0.15) is 5.69 Å². The summed E-state index contributed by atoms with van der Waals surface area (Å²) in [6, 6.07) is 3.85. The van der Waals surface area contributed by atoms with E-state index in [1.54, 1.807) is 30.8 Å². The van der Waals surface area contributed by atoms with E-state index in [1.165, 1.54) is 4.68 Å². The van der Waals surface area contributed by atoms with E-state index in [0.29, 0.717) is 0 Å². The van der Waals surface area contributed by atoms with Gasteiger partial charge < -0.3 is 10.2 Å². The summed E-state index contributed by atoms with van der Waals surface area (Å²) >= 11 is 1.59. The minimum atomic E-state index is -0.0346. The van der Waals surface area contributed by atoms with Crippen LogP contribution in [0.2, 0.25) is 0 Å². The fraction of sp³-hybridized carbons (Fsp3) is 0.312. The zero-order valence-corrected chi connectivity index (χ0v) is 16.1. The van der Waals surface area contributed by atoms with Crippen molar-refractivity contribution >= 4 is 51.9 Å². The van der Waals surface area contributed by atoms with E-state index in [-0.39, 0.29) is 30.4 Å². The smallest absolute Gasteiger partial charge is 0.277 e. The number of piperazine rings is 1. The maximum Gasteiger partial charge on any atom is 0.277 e. The summed E-state index contributed by atoms with van der Waals surface area (Å²) in [5.41, 5.74) is 2.82. The molecule has 0 amide bonds. The van der Waals surface area contributed by atoms with Gasteiger partial charge in [0.2, 0.25) is 0 Å². The van der Waals surface area contributed by atoms with Gasteiger partial charge in [0, 0.05) is 56.6 Å². The van der Waals surface area contributed by atoms with Gasteiger partial charge in [-0.05, 0) is 12.1 Å². The summed E-state index contributed by atoms with van der Waals surface area (Å²) in [7, 11) is 1.71. The van der Waals surface area contributed by atoms with E-state index in [9.17, 15) is 4.79 Å². The lowest BCUT2D eigenvalue weighted by Crippen LogP contribution is -2.43. The van der Waals surface area contributed by atoms with Gasteiger partial charge in [-0.1, -0.05) is 0 Å². The number of hydrogen-bond acceptors (Lipinski definition) is 6. The molecular weight excluding hydrogens is 381 g/mol. The Bertz CT molecular complexity index is 906. The number of pyridine rings is 1. The molecule has 0 radical (unpaired) electrons. The Morgan fingerprint density at radius 1 is 1.16 bits per heavy atom. The van der Waals surface area contributed by atoms with Gasteiger partial charge in [-0.15, -0.1) is 36.2 Å². The van der Waals surface area contributed by atoms with Gasteiger partial charge in [-0.2, -0.15) is 5.10 Å². The third kappa shape index (κ3) is 3.50. The van der Waals surface area contributed by atoms with Crippen molar-refractivity contribution in [3.63, 3.8) is 0 Å². The van der Waals surface area contributed by atoms with Crippen LogP contribution in [0.15, 0.2) is 34.7 Å². The van der Waals surface area contributed by atoms with Gasteiger partial charge in [-0.25, -0.2) is 4.68 Å². The highest BCUT2D eigenvalue weighted by Crippen LogP contribution is 2.35. The van der Waals surface area contributed by atoms with E-state index in [2.05, 4.69) is 25.7 Å². The molecule has 1 N–H and O–H groups in total. The van der Waals surface area contributed by atoms with E-state index in [1.807, 2.05) is 12.1 Å². The van der Waals surface area contributed by atoms with Crippen LogP contribution in [-0.2, 0) is 7.05 Å². The zero-order valence-electron chi connectivity index (χ0n) is 13.6. The molecule has 1 aliphatic rings. The summed E-state index contributed by atoms with van der Waals surface area (Å²) in [6.45, 7) is 3.73. The summed E-state index contributed by atoms with van der Waals surface area (Å²) in [6.07, 6.45) is 3.50. The lowest BCUT2D eigenvalue weighted by molar-refractivity contribution is 0.590. The first-order valence-electron chi connectivity index (χ1n) is 7.60. The third-order valence-electron chi connectivity index (χ3n) is 4.16. The third-order valence-corrected chi connectivity index (χ3v) is 5.13. The molecule has 25 heavy (non-hydrogen) atoms. The highest BCUT2D eigenvalue weighted by Gasteiger charge is 2.21. The van der Waals surface area contributed by atoms with Crippen molar-refractivity contribution in [2.75, 3.05) is 31.1 Å². The Labute approximate surface area is 161 Å². The van der Waals surface area contributed by atoms with Crippen molar-refractivity contribution in [2.45, 2.75) is 0 Å². The largest absolute Gasteiger partial charge is 0.368 e. The zero-order chi connectivity index (χ0) is 15.8. The molecule has 0 aliphatic carbocycles. The minimum Gasteiger partial charge on any atom is -0.368 e. The van der Waals surface area contributed by atoms with Crippen molar-refractivity contribution < 1.29 is 0 Å². The van der Waals surface area contributed by atoms with Crippen LogP contribution in [0.3, 0.4) is 0 Å². The second-order valence-corrected chi connectivity index (χ2v) is 6.46. The molecule has 4 heterocycles. The van der Waals surface area contributed by atoms with Crippen molar-refractivity contribution in [1.29, 1.82) is 0 Å². The highest BCUT2D eigenvalue weighted by molar-refractivity contribution is 7.18. The molecule has 0 spiro atoms. The van der Waals surface area contributed by atoms with Gasteiger partial charge in [0.25, 0.3) is 5.56 Å². The first-order chi connectivity index (χ1) is 11.3. The Kier molecular flexibility index (Phi) is 6.40. The highest BCUT2D eigenvalue weighted by atomic mass is 35.5. The van der Waals surface area contributed by atoms with Crippen molar-refractivity contribution in [3.05, 3.63) is 40.3 Å². The number of thiophene rings is 1. The number of aryl methyl sites for hydroxylation is 1. The molecule has 0 atom stereocenters. The topological polar surface area (TPSA) is 63.1 Å². The molecule has 3 aromatic heterocycles. The summed E-state index contributed by atoms with van der Waals surface area (Å²) in [5.74, 6) is 0. The Hall–Kier alpha value is -1.67. The number of fused-ring (bicyclic) bond motifs is 1. The first-order valence-corrected chi connectivity index (χ1v) is 8.48. The fourth-order valence-corrected chi connectivity index (χ4v) is 4.05. The average Bonchev–Trinajstić information content (AvgIpc) is 3.05. The predicted molar refractivity (Wildman–Crippen MR) is 108 cm³/mol. The summed E-state index contributed by atoms with van der Waals surface area (Å²) in [4.78, 5) is 19.0. The van der Waals surface area contributed by atoms with Crippen LogP contribution in [0.5, 0.6) is 0 Å². The molecule has 0 aromatic carbocycles. The Morgan fingerprint density at radius 2 is 1.84 bits per heavy atom. The fourth-order valence-electron chi connectivity index (χ4n) is 2.97. The normalized spacial score (nSPS) is 14.0. The van der Waals surface area contributed by atoms with E-state index in [4.69, 9.17) is 0 Å². The van der Waals surface area contributed by atoms with E-state index < -0.39 is 0 Å². The van der Waals surface area contributed by atoms with Gasteiger partial charge >= 0.3 is 0 Å².